The predicted octanol–water partition coefficient (Wildman–Crippen LogP) is 2.67. The molecule has 1 aromatic carbocycles. The van der Waals surface area contributed by atoms with E-state index < -0.39 is 6.09 Å². The molecule has 2 aliphatic rings. The zero-order chi connectivity index (χ0) is 16.2. The zero-order valence-electron chi connectivity index (χ0n) is 13.1. The third kappa shape index (κ3) is 3.38. The predicted molar refractivity (Wildman–Crippen MR) is 84.4 cm³/mol. The SMILES string of the molecule is CCOC(=O)C1C2C=CC(C2)C1NC(=O)OCc1ccccc1. The quantitative estimate of drug-likeness (QED) is 0.670. The second kappa shape index (κ2) is 6.86. The number of rotatable bonds is 5. The highest BCUT2D eigenvalue weighted by molar-refractivity contribution is 5.77. The van der Waals surface area contributed by atoms with Crippen molar-refractivity contribution in [3.8, 4) is 0 Å². The lowest BCUT2D eigenvalue weighted by molar-refractivity contribution is -0.149. The van der Waals surface area contributed by atoms with Crippen molar-refractivity contribution >= 4 is 12.1 Å². The van der Waals surface area contributed by atoms with Gasteiger partial charge in [0.2, 0.25) is 0 Å². The lowest BCUT2D eigenvalue weighted by Gasteiger charge is -2.26. The van der Waals surface area contributed by atoms with E-state index in [0.29, 0.717) is 6.61 Å². The number of ether oxygens (including phenoxy) is 2. The number of benzene rings is 1. The van der Waals surface area contributed by atoms with Gasteiger partial charge in [-0.1, -0.05) is 42.5 Å². The summed E-state index contributed by atoms with van der Waals surface area (Å²) in [5, 5.41) is 2.86. The smallest absolute Gasteiger partial charge is 0.407 e. The molecule has 4 atom stereocenters. The van der Waals surface area contributed by atoms with Crippen LogP contribution >= 0.6 is 0 Å². The van der Waals surface area contributed by atoms with E-state index in [9.17, 15) is 9.59 Å². The van der Waals surface area contributed by atoms with Crippen LogP contribution in [0.25, 0.3) is 0 Å². The second-order valence-corrected chi connectivity index (χ2v) is 5.96. The fraction of sp³-hybridized carbons (Fsp3) is 0.444. The minimum absolute atomic E-state index is 0.151. The topological polar surface area (TPSA) is 64.6 Å². The Labute approximate surface area is 135 Å². The summed E-state index contributed by atoms with van der Waals surface area (Å²) in [5.74, 6) is -0.218. The van der Waals surface area contributed by atoms with E-state index in [1.807, 2.05) is 30.3 Å². The van der Waals surface area contributed by atoms with E-state index in [-0.39, 0.29) is 36.4 Å². The molecule has 2 bridgehead atoms. The number of nitrogens with one attached hydrogen (secondary N) is 1. The monoisotopic (exact) mass is 315 g/mol. The van der Waals surface area contributed by atoms with E-state index in [0.717, 1.165) is 12.0 Å². The lowest BCUT2D eigenvalue weighted by Crippen LogP contribution is -2.46. The number of alkyl carbamates (subject to hydrolysis) is 1. The largest absolute Gasteiger partial charge is 0.466 e. The van der Waals surface area contributed by atoms with Gasteiger partial charge < -0.3 is 14.8 Å². The third-order valence-corrected chi connectivity index (χ3v) is 4.52. The Bertz CT molecular complexity index is 598. The molecule has 0 spiro atoms. The molecule has 0 radical (unpaired) electrons. The Hall–Kier alpha value is -2.30. The van der Waals surface area contributed by atoms with Gasteiger partial charge in [-0.2, -0.15) is 0 Å². The van der Waals surface area contributed by atoms with E-state index >= 15 is 0 Å². The Morgan fingerprint density at radius 2 is 1.87 bits per heavy atom. The number of amides is 1. The number of carbonyl (C=O) groups is 2. The number of fused-ring (bicyclic) bond motifs is 2. The average molecular weight is 315 g/mol. The molecule has 5 heteroatoms. The number of allylic oxidation sites excluding steroid dienone is 1. The van der Waals surface area contributed by atoms with Gasteiger partial charge in [0.1, 0.15) is 6.61 Å². The van der Waals surface area contributed by atoms with Gasteiger partial charge in [-0.05, 0) is 30.7 Å². The van der Waals surface area contributed by atoms with Crippen LogP contribution in [0.3, 0.4) is 0 Å². The van der Waals surface area contributed by atoms with Crippen molar-refractivity contribution in [2.45, 2.75) is 26.0 Å². The molecule has 3 rings (SSSR count). The molecule has 4 unspecified atom stereocenters. The summed E-state index contributed by atoms with van der Waals surface area (Å²) in [5.41, 5.74) is 0.928. The van der Waals surface area contributed by atoms with Gasteiger partial charge in [-0.3, -0.25) is 4.79 Å². The fourth-order valence-electron chi connectivity index (χ4n) is 3.48. The van der Waals surface area contributed by atoms with E-state index in [1.54, 1.807) is 6.92 Å². The molecule has 5 nitrogen and oxygen atoms in total. The van der Waals surface area contributed by atoms with Crippen LogP contribution in [-0.4, -0.2) is 24.7 Å². The van der Waals surface area contributed by atoms with Crippen LogP contribution in [-0.2, 0) is 20.9 Å². The van der Waals surface area contributed by atoms with Crippen molar-refractivity contribution in [3.05, 3.63) is 48.0 Å². The number of esters is 1. The molecule has 1 amide bonds. The van der Waals surface area contributed by atoms with Crippen LogP contribution in [0.15, 0.2) is 42.5 Å². The first-order valence-corrected chi connectivity index (χ1v) is 8.01. The van der Waals surface area contributed by atoms with E-state index in [1.165, 1.54) is 0 Å². The summed E-state index contributed by atoms with van der Waals surface area (Å²) in [4.78, 5) is 24.2. The molecule has 1 fully saturated rings. The molecule has 0 saturated heterocycles. The Kier molecular flexibility index (Phi) is 4.65. The molecule has 0 aliphatic heterocycles. The Morgan fingerprint density at radius 3 is 2.61 bits per heavy atom. The molecule has 122 valence electrons. The maximum absolute atomic E-state index is 12.2. The maximum Gasteiger partial charge on any atom is 0.407 e. The molecular formula is C18H21NO4. The summed E-state index contributed by atoms with van der Waals surface area (Å²) in [6, 6.07) is 9.26. The third-order valence-electron chi connectivity index (χ3n) is 4.52. The Balaban J connectivity index is 1.58. The highest BCUT2D eigenvalue weighted by Gasteiger charge is 2.49. The molecule has 1 aromatic rings. The van der Waals surface area contributed by atoms with Crippen molar-refractivity contribution in [2.24, 2.45) is 17.8 Å². The highest BCUT2D eigenvalue weighted by Crippen LogP contribution is 2.44. The minimum Gasteiger partial charge on any atom is -0.466 e. The summed E-state index contributed by atoms with van der Waals surface area (Å²) in [7, 11) is 0. The van der Waals surface area contributed by atoms with Crippen molar-refractivity contribution in [3.63, 3.8) is 0 Å². The van der Waals surface area contributed by atoms with Gasteiger partial charge >= 0.3 is 12.1 Å². The fourth-order valence-corrected chi connectivity index (χ4v) is 3.48. The Morgan fingerprint density at radius 1 is 1.13 bits per heavy atom. The molecule has 1 saturated carbocycles. The minimum atomic E-state index is -0.492. The molecular weight excluding hydrogens is 294 g/mol. The molecule has 1 N–H and O–H groups in total. The lowest BCUT2D eigenvalue weighted by atomic mass is 9.89. The maximum atomic E-state index is 12.2. The standard InChI is InChI=1S/C18H21NO4/c1-2-22-17(20)15-13-8-9-14(10-13)16(15)19-18(21)23-11-12-6-4-3-5-7-12/h3-9,13-16H,2,10-11H2,1H3,(H,19,21). The first-order valence-electron chi connectivity index (χ1n) is 8.01. The number of hydrogen-bond donors (Lipinski definition) is 1. The first kappa shape index (κ1) is 15.6. The van der Waals surface area contributed by atoms with Gasteiger partial charge in [0, 0.05) is 0 Å². The summed E-state index contributed by atoms with van der Waals surface area (Å²) >= 11 is 0. The number of hydrogen-bond acceptors (Lipinski definition) is 4. The van der Waals surface area contributed by atoms with Crippen LogP contribution in [0.4, 0.5) is 4.79 Å². The molecule has 0 aromatic heterocycles. The first-order chi connectivity index (χ1) is 11.2. The van der Waals surface area contributed by atoms with Crippen LogP contribution < -0.4 is 5.32 Å². The molecule has 2 aliphatic carbocycles. The number of carbonyl (C=O) groups excluding carboxylic acids is 2. The summed E-state index contributed by atoms with van der Waals surface area (Å²) in [6.45, 7) is 2.35. The zero-order valence-corrected chi connectivity index (χ0v) is 13.1. The van der Waals surface area contributed by atoms with E-state index in [4.69, 9.17) is 9.47 Å². The van der Waals surface area contributed by atoms with Crippen molar-refractivity contribution < 1.29 is 19.1 Å². The molecule has 23 heavy (non-hydrogen) atoms. The van der Waals surface area contributed by atoms with Gasteiger partial charge in [0.05, 0.1) is 18.6 Å². The normalized spacial score (nSPS) is 27.7. The van der Waals surface area contributed by atoms with Crippen molar-refractivity contribution in [2.75, 3.05) is 6.61 Å². The van der Waals surface area contributed by atoms with Crippen molar-refractivity contribution in [1.29, 1.82) is 0 Å². The summed E-state index contributed by atoms with van der Waals surface area (Å²) < 4.78 is 10.4. The van der Waals surface area contributed by atoms with Crippen LogP contribution in [0.1, 0.15) is 18.9 Å². The van der Waals surface area contributed by atoms with Crippen LogP contribution in [0, 0.1) is 17.8 Å². The molecule has 0 heterocycles. The van der Waals surface area contributed by atoms with Gasteiger partial charge in [0.15, 0.2) is 0 Å². The average Bonchev–Trinajstić information content (AvgIpc) is 3.15. The van der Waals surface area contributed by atoms with Crippen LogP contribution in [0.2, 0.25) is 0 Å². The van der Waals surface area contributed by atoms with Crippen LogP contribution in [0.5, 0.6) is 0 Å². The summed E-state index contributed by atoms with van der Waals surface area (Å²) in [6.07, 6.45) is 4.52. The van der Waals surface area contributed by atoms with Gasteiger partial charge in [-0.25, -0.2) is 4.79 Å². The van der Waals surface area contributed by atoms with Gasteiger partial charge in [0.25, 0.3) is 0 Å². The second-order valence-electron chi connectivity index (χ2n) is 5.96. The van der Waals surface area contributed by atoms with E-state index in [2.05, 4.69) is 17.5 Å². The van der Waals surface area contributed by atoms with Crippen molar-refractivity contribution in [1.82, 2.24) is 5.32 Å². The highest BCUT2D eigenvalue weighted by atomic mass is 16.5. The van der Waals surface area contributed by atoms with Gasteiger partial charge in [-0.15, -0.1) is 0 Å².